The predicted molar refractivity (Wildman–Crippen MR) is 388 cm³/mol. The van der Waals surface area contributed by atoms with Gasteiger partial charge in [0.05, 0.1) is 35.5 Å². The Morgan fingerprint density at radius 1 is 0.242 bits per heavy atom. The largest absolute Gasteiger partial charge is 0.280 e. The van der Waals surface area contributed by atoms with Crippen molar-refractivity contribution in [2.45, 2.75) is 19.0 Å². The first-order valence-electron chi connectivity index (χ1n) is 32.3. The lowest BCUT2D eigenvalue weighted by molar-refractivity contribution is 0.527. The molecule has 0 spiro atoms. The van der Waals surface area contributed by atoms with Gasteiger partial charge in [0, 0.05) is 23.4 Å². The zero-order valence-electron chi connectivity index (χ0n) is 52.1. The number of hydrogen-bond acceptors (Lipinski definition) is 6. The standard InChI is InChI=1S/C87H62N8/c1-59-87-84(56-94(95(59)87)83-40-22-37-68(55-83)77-48-73(64-31-16-6-17-32-64)43-74(49-77)65-33-18-7-19-34-65)78-50-79(85-57-92(90-88-85)81-38-20-35-66(53-81)75-44-69(60-23-8-2-9-24-60)41-70(45-75)61-25-10-3-11-26-61)52-80(51-78)86-58-93(91-89-86)82-39-21-36-67(54-82)76-46-71(62-27-12-4-13-28-62)42-72(47-76)63-29-14-5-15-30-63/h2-59,87H,1H3. The smallest absolute Gasteiger partial charge is 0.113 e. The van der Waals surface area contributed by atoms with E-state index in [-0.39, 0.29) is 12.1 Å². The number of anilines is 1. The second-order valence-corrected chi connectivity index (χ2v) is 24.6. The number of hydrazine groups is 1. The summed E-state index contributed by atoms with van der Waals surface area (Å²) in [6, 6.07) is 118. The van der Waals surface area contributed by atoms with Crippen molar-refractivity contribution < 1.29 is 0 Å². The van der Waals surface area contributed by atoms with Crippen LogP contribution in [-0.4, -0.2) is 47.1 Å². The SMILES string of the molecule is CC1C2C(c3cc(-c4cn(-c5cccc(-c6cc(-c7ccccc7)cc(-c7ccccc7)c6)c5)nn4)cc(-c4cn(-c5cccc(-c6cc(-c7ccccc7)cc(-c7ccccc7)c6)c5)nn4)c3)=CN(c3cccc(-c4cc(-c5ccccc5)cc(-c5ccccc5)c4)c3)N12. The van der Waals surface area contributed by atoms with Gasteiger partial charge in [-0.3, -0.25) is 5.01 Å². The van der Waals surface area contributed by atoms with E-state index in [9.17, 15) is 0 Å². The van der Waals surface area contributed by atoms with Crippen LogP contribution >= 0.6 is 0 Å². The Bertz CT molecular complexity index is 4930. The molecule has 0 aliphatic carbocycles. The van der Waals surface area contributed by atoms with Crippen LogP contribution in [0, 0.1) is 0 Å². The molecule has 17 rings (SSSR count). The molecular formula is C87H62N8. The van der Waals surface area contributed by atoms with E-state index in [1.807, 2.05) is 21.8 Å². The first-order valence-corrected chi connectivity index (χ1v) is 32.3. The van der Waals surface area contributed by atoms with E-state index in [0.717, 1.165) is 101 Å². The minimum absolute atomic E-state index is 0.148. The molecule has 1 saturated heterocycles. The normalized spacial score (nSPS) is 14.7. The zero-order chi connectivity index (χ0) is 63.2. The summed E-state index contributed by atoms with van der Waals surface area (Å²) >= 11 is 0. The molecule has 0 bridgehead atoms. The Morgan fingerprint density at radius 3 is 0.832 bits per heavy atom. The molecule has 0 N–H and O–H groups in total. The monoisotopic (exact) mass is 1220 g/mol. The van der Waals surface area contributed by atoms with Crippen molar-refractivity contribution in [2.75, 3.05) is 5.01 Å². The molecule has 2 aromatic heterocycles. The van der Waals surface area contributed by atoms with Gasteiger partial charge in [-0.25, -0.2) is 14.4 Å². The van der Waals surface area contributed by atoms with Gasteiger partial charge in [0.15, 0.2) is 0 Å². The maximum Gasteiger partial charge on any atom is 0.113 e. The first-order chi connectivity index (χ1) is 46.9. The molecule has 3 atom stereocenters. The summed E-state index contributed by atoms with van der Waals surface area (Å²) in [6.07, 6.45) is 6.40. The molecule has 0 saturated carbocycles. The van der Waals surface area contributed by atoms with Crippen LogP contribution in [-0.2, 0) is 0 Å². The van der Waals surface area contributed by atoms with Gasteiger partial charge in [-0.2, -0.15) is 0 Å². The molecule has 4 heterocycles. The summed E-state index contributed by atoms with van der Waals surface area (Å²) in [7, 11) is 0. The van der Waals surface area contributed by atoms with Gasteiger partial charge in [0.25, 0.3) is 0 Å². The van der Waals surface area contributed by atoms with Crippen LogP contribution in [0.15, 0.2) is 346 Å². The minimum Gasteiger partial charge on any atom is -0.280 e. The lowest BCUT2D eigenvalue weighted by atomic mass is 9.93. The quantitative estimate of drug-likeness (QED) is 0.0953. The van der Waals surface area contributed by atoms with Gasteiger partial charge in [-0.05, 0) is 227 Å². The van der Waals surface area contributed by atoms with Crippen LogP contribution < -0.4 is 5.01 Å². The maximum absolute atomic E-state index is 4.95. The molecule has 8 nitrogen and oxygen atoms in total. The van der Waals surface area contributed by atoms with Crippen molar-refractivity contribution in [3.8, 4) is 134 Å². The highest BCUT2D eigenvalue weighted by atomic mass is 15.7. The number of nitrogens with zero attached hydrogens (tertiary/aromatic N) is 8. The molecule has 3 unspecified atom stereocenters. The lowest BCUT2D eigenvalue weighted by Gasteiger charge is -2.21. The van der Waals surface area contributed by atoms with Gasteiger partial charge in [-0.1, -0.05) is 229 Å². The molecular weight excluding hydrogens is 1160 g/mol. The van der Waals surface area contributed by atoms with Gasteiger partial charge in [0.2, 0.25) is 0 Å². The zero-order valence-corrected chi connectivity index (χ0v) is 52.1. The van der Waals surface area contributed by atoms with E-state index in [1.165, 1.54) is 50.1 Å². The number of rotatable bonds is 15. The summed E-state index contributed by atoms with van der Waals surface area (Å²) in [5.74, 6) is 0. The molecule has 0 amide bonds. The van der Waals surface area contributed by atoms with Crippen LogP contribution in [0.5, 0.6) is 0 Å². The first kappa shape index (κ1) is 56.6. The third-order valence-electron chi connectivity index (χ3n) is 18.5. The Kier molecular flexibility index (Phi) is 14.5. The number of hydrogen-bond donors (Lipinski definition) is 0. The highest BCUT2D eigenvalue weighted by Crippen LogP contribution is 2.50. The van der Waals surface area contributed by atoms with E-state index < -0.39 is 0 Å². The molecule has 95 heavy (non-hydrogen) atoms. The fourth-order valence-corrected chi connectivity index (χ4v) is 13.6. The van der Waals surface area contributed by atoms with Gasteiger partial charge in [-0.15, -0.1) is 10.2 Å². The third kappa shape index (κ3) is 11.3. The van der Waals surface area contributed by atoms with E-state index in [0.29, 0.717) is 0 Å². The summed E-state index contributed by atoms with van der Waals surface area (Å²) in [5.41, 5.74) is 29.2. The fraction of sp³-hybridized carbons (Fsp3) is 0.0345. The Balaban J connectivity index is 0.746. The molecule has 450 valence electrons. The van der Waals surface area contributed by atoms with Gasteiger partial charge in [0.1, 0.15) is 11.4 Å². The molecule has 15 aromatic rings. The predicted octanol–water partition coefficient (Wildman–Crippen LogP) is 21.0. The van der Waals surface area contributed by atoms with Gasteiger partial charge < -0.3 is 0 Å². The fourth-order valence-electron chi connectivity index (χ4n) is 13.6. The number of aromatic nitrogens is 6. The van der Waals surface area contributed by atoms with E-state index in [1.54, 1.807) is 0 Å². The summed E-state index contributed by atoms with van der Waals surface area (Å²) in [5, 5.41) is 24.4. The van der Waals surface area contributed by atoms with Crippen molar-refractivity contribution >= 4 is 11.3 Å². The lowest BCUT2D eigenvalue weighted by Crippen LogP contribution is -2.22. The number of benzene rings is 13. The Labute approximate surface area is 552 Å². The Morgan fingerprint density at radius 2 is 0.505 bits per heavy atom. The maximum atomic E-state index is 4.95. The molecule has 0 radical (unpaired) electrons. The van der Waals surface area contributed by atoms with Crippen molar-refractivity contribution in [1.29, 1.82) is 0 Å². The highest BCUT2D eigenvalue weighted by Gasteiger charge is 2.54. The third-order valence-corrected chi connectivity index (χ3v) is 18.5. The summed E-state index contributed by atoms with van der Waals surface area (Å²) in [4.78, 5) is 0. The average Bonchev–Trinajstić information content (AvgIpc) is 1.55. The van der Waals surface area contributed by atoms with E-state index >= 15 is 0 Å². The number of fused-ring (bicyclic) bond motifs is 1. The van der Waals surface area contributed by atoms with Crippen LogP contribution in [0.25, 0.3) is 140 Å². The van der Waals surface area contributed by atoms with Crippen molar-refractivity contribution in [2.24, 2.45) is 0 Å². The van der Waals surface area contributed by atoms with Crippen molar-refractivity contribution in [1.82, 2.24) is 35.0 Å². The average molecular weight is 1220 g/mol. The molecule has 1 fully saturated rings. The van der Waals surface area contributed by atoms with Crippen LogP contribution in [0.3, 0.4) is 0 Å². The topological polar surface area (TPSA) is 67.7 Å². The summed E-state index contributed by atoms with van der Waals surface area (Å²) < 4.78 is 3.77. The van der Waals surface area contributed by atoms with Crippen molar-refractivity contribution in [3.63, 3.8) is 0 Å². The molecule has 2 aliphatic rings. The molecule has 2 aliphatic heterocycles. The van der Waals surface area contributed by atoms with E-state index in [2.05, 4.69) is 351 Å². The van der Waals surface area contributed by atoms with Crippen LogP contribution in [0.2, 0.25) is 0 Å². The summed E-state index contributed by atoms with van der Waals surface area (Å²) in [6.45, 7) is 2.31. The minimum atomic E-state index is 0.148. The molecule has 8 heteroatoms. The second-order valence-electron chi connectivity index (χ2n) is 24.6. The van der Waals surface area contributed by atoms with Crippen molar-refractivity contribution in [3.05, 3.63) is 352 Å². The van der Waals surface area contributed by atoms with Gasteiger partial charge >= 0.3 is 0 Å². The molecule has 13 aromatic carbocycles. The highest BCUT2D eigenvalue weighted by molar-refractivity contribution is 5.88. The van der Waals surface area contributed by atoms with E-state index in [4.69, 9.17) is 20.6 Å². The Hall–Kier alpha value is -12.4. The van der Waals surface area contributed by atoms with Crippen LogP contribution in [0.1, 0.15) is 12.5 Å². The van der Waals surface area contributed by atoms with Crippen LogP contribution in [0.4, 0.5) is 5.69 Å². The second kappa shape index (κ2) is 24.4.